The molecule has 1 aliphatic heterocycles. The lowest BCUT2D eigenvalue weighted by Crippen LogP contribution is -2.59. The lowest BCUT2D eigenvalue weighted by Gasteiger charge is -2.38. The van der Waals surface area contributed by atoms with Crippen LogP contribution in [-0.4, -0.2) is 58.9 Å². The second kappa shape index (κ2) is 13.0. The highest BCUT2D eigenvalue weighted by atomic mass is 32.1. The quantitative estimate of drug-likeness (QED) is 0.298. The summed E-state index contributed by atoms with van der Waals surface area (Å²) in [4.78, 5) is 36.2. The van der Waals surface area contributed by atoms with Crippen molar-refractivity contribution in [3.8, 4) is 0 Å². The molecular formula is C27H30F3N3O5S. The molecule has 8 nitrogen and oxygen atoms in total. The second-order valence-electron chi connectivity index (χ2n) is 9.30. The zero-order valence-electron chi connectivity index (χ0n) is 21.2. The van der Waals surface area contributed by atoms with E-state index < -0.39 is 23.7 Å². The number of nitrogens with zero attached hydrogens (tertiary/aromatic N) is 1. The Kier molecular flexibility index (Phi) is 10.1. The van der Waals surface area contributed by atoms with Crippen molar-refractivity contribution in [2.45, 2.75) is 50.5 Å². The summed E-state index contributed by atoms with van der Waals surface area (Å²) in [5.41, 5.74) is -0.222. The van der Waals surface area contributed by atoms with E-state index in [1.54, 1.807) is 6.92 Å². The number of amides is 1. The molecular weight excluding hydrogens is 535 g/mol. The molecule has 0 saturated carbocycles. The van der Waals surface area contributed by atoms with E-state index in [1.807, 2.05) is 41.8 Å². The summed E-state index contributed by atoms with van der Waals surface area (Å²) < 4.78 is 31.7. The molecule has 1 aromatic heterocycles. The first-order valence-corrected chi connectivity index (χ1v) is 13.1. The topological polar surface area (TPSA) is 119 Å². The number of carboxylic acids is 2. The van der Waals surface area contributed by atoms with E-state index in [0.717, 1.165) is 35.7 Å². The van der Waals surface area contributed by atoms with Gasteiger partial charge in [-0.1, -0.05) is 42.5 Å². The standard InChI is InChI=1S/C25H29N3O3S.C2HF3O2/c1-25(24(30)31,15-20-10-5-13-27-20)28(23-12-6-14-32-23)22(29)17-26-16-19-9-4-8-18-7-2-3-11-21(18)19;3-2(4,5)1(6)7/h2-4,6-9,11-12,14,20,26-27H,5,10,13,15-17H2,1H3,(H,30,31);(H,6,7)/t20?,25-;/m0./s1. The first kappa shape index (κ1) is 30.1. The van der Waals surface area contributed by atoms with Gasteiger partial charge < -0.3 is 20.8 Å². The van der Waals surface area contributed by atoms with Crippen molar-refractivity contribution in [1.82, 2.24) is 10.6 Å². The number of fused-ring (bicyclic) bond motifs is 1. The van der Waals surface area contributed by atoms with Crippen molar-refractivity contribution >= 4 is 45.0 Å². The predicted molar refractivity (Wildman–Crippen MR) is 143 cm³/mol. The van der Waals surface area contributed by atoms with Gasteiger partial charge in [-0.15, -0.1) is 11.3 Å². The lowest BCUT2D eigenvalue weighted by atomic mass is 9.90. The molecule has 2 heterocycles. The normalized spacial score (nSPS) is 16.7. The summed E-state index contributed by atoms with van der Waals surface area (Å²) in [5.74, 6) is -3.98. The van der Waals surface area contributed by atoms with E-state index in [-0.39, 0.29) is 18.5 Å². The molecule has 0 radical (unpaired) electrons. The number of carbonyl (C=O) groups is 3. The van der Waals surface area contributed by atoms with Gasteiger partial charge in [0.15, 0.2) is 0 Å². The van der Waals surface area contributed by atoms with Gasteiger partial charge in [0.1, 0.15) is 5.54 Å². The van der Waals surface area contributed by atoms with Crippen molar-refractivity contribution in [2.24, 2.45) is 0 Å². The number of rotatable bonds is 9. The average Bonchev–Trinajstić information content (AvgIpc) is 3.59. The van der Waals surface area contributed by atoms with E-state index >= 15 is 0 Å². The molecule has 210 valence electrons. The molecule has 2 atom stereocenters. The smallest absolute Gasteiger partial charge is 0.479 e. The van der Waals surface area contributed by atoms with Crippen LogP contribution in [0.15, 0.2) is 60.0 Å². The molecule has 4 rings (SSSR count). The van der Waals surface area contributed by atoms with Crippen LogP contribution in [0.3, 0.4) is 0 Å². The molecule has 1 unspecified atom stereocenters. The van der Waals surface area contributed by atoms with Gasteiger partial charge in [-0.25, -0.2) is 9.59 Å². The predicted octanol–water partition coefficient (Wildman–Crippen LogP) is 4.64. The Labute approximate surface area is 227 Å². The van der Waals surface area contributed by atoms with Crippen LogP contribution in [0.2, 0.25) is 0 Å². The number of aliphatic carboxylic acids is 2. The number of nitrogens with one attached hydrogen (secondary N) is 2. The summed E-state index contributed by atoms with van der Waals surface area (Å²) >= 11 is 1.39. The maximum Gasteiger partial charge on any atom is 0.490 e. The summed E-state index contributed by atoms with van der Waals surface area (Å²) in [6.07, 6.45) is -2.76. The Morgan fingerprint density at radius 1 is 1.05 bits per heavy atom. The Morgan fingerprint density at radius 2 is 1.74 bits per heavy atom. The summed E-state index contributed by atoms with van der Waals surface area (Å²) in [5, 5.41) is 28.8. The number of carboxylic acid groups (broad SMARTS) is 2. The van der Waals surface area contributed by atoms with Crippen LogP contribution in [0, 0.1) is 0 Å². The molecule has 0 spiro atoms. The molecule has 1 aliphatic rings. The van der Waals surface area contributed by atoms with Crippen LogP contribution in [0.25, 0.3) is 10.8 Å². The van der Waals surface area contributed by atoms with Gasteiger partial charge in [0.25, 0.3) is 0 Å². The Morgan fingerprint density at radius 3 is 2.33 bits per heavy atom. The van der Waals surface area contributed by atoms with Gasteiger partial charge in [0.2, 0.25) is 5.91 Å². The van der Waals surface area contributed by atoms with E-state index in [0.29, 0.717) is 18.0 Å². The van der Waals surface area contributed by atoms with Gasteiger partial charge in [0, 0.05) is 12.6 Å². The minimum atomic E-state index is -5.08. The lowest BCUT2D eigenvalue weighted by molar-refractivity contribution is -0.192. The highest BCUT2D eigenvalue weighted by molar-refractivity contribution is 7.14. The molecule has 0 bridgehead atoms. The van der Waals surface area contributed by atoms with Crippen LogP contribution in [0.5, 0.6) is 0 Å². The third-order valence-corrected chi connectivity index (χ3v) is 7.30. The third kappa shape index (κ3) is 7.78. The van der Waals surface area contributed by atoms with Gasteiger partial charge in [-0.05, 0) is 66.6 Å². The third-order valence-electron chi connectivity index (χ3n) is 6.45. The average molecular weight is 566 g/mol. The largest absolute Gasteiger partial charge is 0.490 e. The summed E-state index contributed by atoms with van der Waals surface area (Å²) in [7, 11) is 0. The van der Waals surface area contributed by atoms with Crippen LogP contribution in [0.1, 0.15) is 31.7 Å². The number of hydrogen-bond donors (Lipinski definition) is 4. The number of carbonyl (C=O) groups excluding carboxylic acids is 1. The van der Waals surface area contributed by atoms with E-state index in [1.165, 1.54) is 16.2 Å². The maximum atomic E-state index is 13.4. The molecule has 0 aliphatic carbocycles. The number of anilines is 1. The van der Waals surface area contributed by atoms with Gasteiger partial charge in [0.05, 0.1) is 11.5 Å². The second-order valence-corrected chi connectivity index (χ2v) is 10.2. The Hall–Kier alpha value is -3.48. The zero-order valence-corrected chi connectivity index (χ0v) is 22.0. The monoisotopic (exact) mass is 565 g/mol. The van der Waals surface area contributed by atoms with Crippen molar-refractivity contribution in [1.29, 1.82) is 0 Å². The molecule has 1 saturated heterocycles. The van der Waals surface area contributed by atoms with Crippen LogP contribution < -0.4 is 15.5 Å². The summed E-state index contributed by atoms with van der Waals surface area (Å²) in [6.45, 7) is 3.14. The Balaban J connectivity index is 0.000000532. The zero-order chi connectivity index (χ0) is 28.6. The number of alkyl halides is 3. The number of hydrogen-bond acceptors (Lipinski definition) is 6. The molecule has 12 heteroatoms. The SMILES string of the molecule is C[C@](CC1CCCN1)(C(=O)O)N(C(=O)CNCc1cccc2ccccc12)c1cccs1.O=C(O)C(F)(F)F. The van der Waals surface area contributed by atoms with Crippen molar-refractivity contribution in [2.75, 3.05) is 18.0 Å². The van der Waals surface area contributed by atoms with E-state index in [2.05, 4.69) is 28.8 Å². The van der Waals surface area contributed by atoms with Gasteiger partial charge >= 0.3 is 18.1 Å². The first-order chi connectivity index (χ1) is 18.4. The van der Waals surface area contributed by atoms with Gasteiger partial charge in [-0.3, -0.25) is 9.69 Å². The number of thiophene rings is 1. The highest BCUT2D eigenvalue weighted by Gasteiger charge is 2.45. The van der Waals surface area contributed by atoms with Crippen molar-refractivity contribution < 1.29 is 37.8 Å². The van der Waals surface area contributed by atoms with E-state index in [4.69, 9.17) is 9.90 Å². The summed E-state index contributed by atoms with van der Waals surface area (Å²) in [6, 6.07) is 18.0. The highest BCUT2D eigenvalue weighted by Crippen LogP contribution is 2.33. The minimum absolute atomic E-state index is 0.0576. The molecule has 4 N–H and O–H groups in total. The first-order valence-electron chi connectivity index (χ1n) is 12.2. The van der Waals surface area contributed by atoms with Crippen molar-refractivity contribution in [3.05, 3.63) is 65.5 Å². The van der Waals surface area contributed by atoms with Crippen molar-refractivity contribution in [3.63, 3.8) is 0 Å². The number of halogens is 3. The molecule has 1 fully saturated rings. The fourth-order valence-electron chi connectivity index (χ4n) is 4.55. The maximum absolute atomic E-state index is 13.4. The number of benzene rings is 2. The fourth-order valence-corrected chi connectivity index (χ4v) is 5.42. The van der Waals surface area contributed by atoms with Crippen LogP contribution >= 0.6 is 11.3 Å². The van der Waals surface area contributed by atoms with Crippen LogP contribution in [-0.2, 0) is 20.9 Å². The molecule has 3 aromatic rings. The Bertz CT molecular complexity index is 1270. The van der Waals surface area contributed by atoms with Gasteiger partial charge in [-0.2, -0.15) is 13.2 Å². The molecule has 39 heavy (non-hydrogen) atoms. The van der Waals surface area contributed by atoms with E-state index in [9.17, 15) is 27.9 Å². The molecule has 1 amide bonds. The minimum Gasteiger partial charge on any atom is -0.479 e. The fraction of sp³-hybridized carbons (Fsp3) is 0.370. The molecule has 2 aromatic carbocycles. The van der Waals surface area contributed by atoms with Crippen LogP contribution in [0.4, 0.5) is 18.2 Å².